The molecule has 3 heteroatoms. The number of rotatable bonds is 4. The van der Waals surface area contributed by atoms with Crippen molar-refractivity contribution in [3.05, 3.63) is 29.8 Å². The quantitative estimate of drug-likeness (QED) is 0.792. The van der Waals surface area contributed by atoms with Gasteiger partial charge >= 0.3 is 0 Å². The van der Waals surface area contributed by atoms with Crippen LogP contribution >= 0.6 is 0 Å². The maximum atomic E-state index is 9.77. The van der Waals surface area contributed by atoms with Gasteiger partial charge in [-0.3, -0.25) is 0 Å². The highest BCUT2D eigenvalue weighted by Crippen LogP contribution is 2.32. The Bertz CT molecular complexity index is 312. The molecule has 0 amide bonds. The minimum atomic E-state index is 0.0381. The monoisotopic (exact) mass is 209 g/mol. The lowest BCUT2D eigenvalue weighted by atomic mass is 9.93. The molecular weight excluding hydrogens is 190 g/mol. The van der Waals surface area contributed by atoms with Crippen molar-refractivity contribution in [2.75, 3.05) is 20.7 Å². The van der Waals surface area contributed by atoms with E-state index >= 15 is 0 Å². The molecule has 84 valence electrons. The van der Waals surface area contributed by atoms with Crippen LogP contribution in [0.5, 0.6) is 5.75 Å². The summed E-state index contributed by atoms with van der Waals surface area (Å²) in [5, 5.41) is 19.0. The van der Waals surface area contributed by atoms with E-state index in [1.54, 1.807) is 12.1 Å². The maximum absolute atomic E-state index is 9.77. The van der Waals surface area contributed by atoms with Crippen LogP contribution in [0, 0.1) is 5.92 Å². The standard InChI is InChI=1S/C12H19NO2/c1-9(8-14)12(13(2)3)10-6-4-5-7-11(10)15/h4-7,9,12,14-15H,8H2,1-3H3. The summed E-state index contributed by atoms with van der Waals surface area (Å²) in [6.45, 7) is 2.08. The summed E-state index contributed by atoms with van der Waals surface area (Å²) in [5.41, 5.74) is 0.865. The summed E-state index contributed by atoms with van der Waals surface area (Å²) in [4.78, 5) is 2.01. The Balaban J connectivity index is 3.04. The van der Waals surface area contributed by atoms with Crippen molar-refractivity contribution in [2.24, 2.45) is 5.92 Å². The van der Waals surface area contributed by atoms with E-state index in [-0.39, 0.29) is 24.3 Å². The number of aromatic hydroxyl groups is 1. The summed E-state index contributed by atoms with van der Waals surface area (Å²) in [6.07, 6.45) is 0. The van der Waals surface area contributed by atoms with Crippen molar-refractivity contribution >= 4 is 0 Å². The molecule has 1 rings (SSSR count). The van der Waals surface area contributed by atoms with Crippen LogP contribution in [-0.4, -0.2) is 35.8 Å². The van der Waals surface area contributed by atoms with Gasteiger partial charge in [-0.25, -0.2) is 0 Å². The van der Waals surface area contributed by atoms with Gasteiger partial charge in [-0.2, -0.15) is 0 Å². The molecule has 0 saturated heterocycles. The Morgan fingerprint density at radius 1 is 1.27 bits per heavy atom. The summed E-state index contributed by atoms with van der Waals surface area (Å²) >= 11 is 0. The van der Waals surface area contributed by atoms with E-state index in [0.29, 0.717) is 0 Å². The molecule has 0 fully saturated rings. The second kappa shape index (κ2) is 5.14. The lowest BCUT2D eigenvalue weighted by Gasteiger charge is -2.29. The first kappa shape index (κ1) is 12.0. The first-order chi connectivity index (χ1) is 7.07. The van der Waals surface area contributed by atoms with Gasteiger partial charge in [0.15, 0.2) is 0 Å². The van der Waals surface area contributed by atoms with E-state index in [0.717, 1.165) is 5.56 Å². The topological polar surface area (TPSA) is 43.7 Å². The fraction of sp³-hybridized carbons (Fsp3) is 0.500. The number of nitrogens with zero attached hydrogens (tertiary/aromatic N) is 1. The Morgan fingerprint density at radius 2 is 1.87 bits per heavy atom. The molecule has 0 radical (unpaired) electrons. The van der Waals surface area contributed by atoms with E-state index in [9.17, 15) is 10.2 Å². The van der Waals surface area contributed by atoms with Crippen molar-refractivity contribution in [3.8, 4) is 5.75 Å². The molecule has 0 saturated carbocycles. The third-order valence-electron chi connectivity index (χ3n) is 2.64. The number of aliphatic hydroxyl groups excluding tert-OH is 1. The first-order valence-electron chi connectivity index (χ1n) is 5.13. The van der Waals surface area contributed by atoms with Crippen LogP contribution in [0.1, 0.15) is 18.5 Å². The van der Waals surface area contributed by atoms with E-state index in [1.165, 1.54) is 0 Å². The first-order valence-corrected chi connectivity index (χ1v) is 5.13. The number of para-hydroxylation sites is 1. The number of phenolic OH excluding ortho intramolecular Hbond substituents is 1. The molecule has 0 bridgehead atoms. The van der Waals surface area contributed by atoms with Gasteiger partial charge in [-0.1, -0.05) is 25.1 Å². The number of phenols is 1. The number of hydrogen-bond acceptors (Lipinski definition) is 3. The second-order valence-electron chi connectivity index (χ2n) is 4.13. The predicted octanol–water partition coefficient (Wildman–Crippen LogP) is 1.62. The second-order valence-corrected chi connectivity index (χ2v) is 4.13. The molecule has 1 aromatic carbocycles. The van der Waals surface area contributed by atoms with Gasteiger partial charge in [0.25, 0.3) is 0 Å². The molecule has 2 unspecified atom stereocenters. The van der Waals surface area contributed by atoms with Crippen LogP contribution in [0.15, 0.2) is 24.3 Å². The molecule has 0 aliphatic heterocycles. The average molecular weight is 209 g/mol. The highest BCUT2D eigenvalue weighted by atomic mass is 16.3. The van der Waals surface area contributed by atoms with Gasteiger partial charge in [-0.15, -0.1) is 0 Å². The van der Waals surface area contributed by atoms with Crippen LogP contribution < -0.4 is 0 Å². The van der Waals surface area contributed by atoms with Crippen molar-refractivity contribution in [1.82, 2.24) is 4.90 Å². The van der Waals surface area contributed by atoms with E-state index in [2.05, 4.69) is 0 Å². The fourth-order valence-electron chi connectivity index (χ4n) is 1.93. The van der Waals surface area contributed by atoms with E-state index < -0.39 is 0 Å². The molecule has 2 N–H and O–H groups in total. The van der Waals surface area contributed by atoms with Crippen LogP contribution in [0.4, 0.5) is 0 Å². The van der Waals surface area contributed by atoms with E-state index in [1.807, 2.05) is 38.1 Å². The summed E-state index contributed by atoms with van der Waals surface area (Å²) in [6, 6.07) is 7.31. The van der Waals surface area contributed by atoms with Crippen LogP contribution in [0.25, 0.3) is 0 Å². The molecule has 1 aromatic rings. The minimum absolute atomic E-state index is 0.0381. The molecule has 2 atom stereocenters. The van der Waals surface area contributed by atoms with Crippen LogP contribution in [0.2, 0.25) is 0 Å². The number of benzene rings is 1. The molecule has 0 aliphatic carbocycles. The van der Waals surface area contributed by atoms with Gasteiger partial charge in [-0.05, 0) is 26.1 Å². The highest BCUT2D eigenvalue weighted by Gasteiger charge is 2.23. The zero-order valence-corrected chi connectivity index (χ0v) is 9.51. The summed E-state index contributed by atoms with van der Waals surface area (Å²) in [7, 11) is 3.90. The zero-order chi connectivity index (χ0) is 11.4. The molecule has 15 heavy (non-hydrogen) atoms. The summed E-state index contributed by atoms with van der Waals surface area (Å²) in [5.74, 6) is 0.379. The Morgan fingerprint density at radius 3 is 2.33 bits per heavy atom. The molecule has 3 nitrogen and oxygen atoms in total. The van der Waals surface area contributed by atoms with Crippen LogP contribution in [-0.2, 0) is 0 Å². The number of hydrogen-bond donors (Lipinski definition) is 2. The Kier molecular flexibility index (Phi) is 4.12. The van der Waals surface area contributed by atoms with E-state index in [4.69, 9.17) is 0 Å². The van der Waals surface area contributed by atoms with Crippen molar-refractivity contribution in [3.63, 3.8) is 0 Å². The largest absolute Gasteiger partial charge is 0.508 e. The van der Waals surface area contributed by atoms with Gasteiger partial charge in [0, 0.05) is 18.2 Å². The fourth-order valence-corrected chi connectivity index (χ4v) is 1.93. The molecule has 0 aromatic heterocycles. The molecule has 0 heterocycles. The zero-order valence-electron chi connectivity index (χ0n) is 9.51. The smallest absolute Gasteiger partial charge is 0.120 e. The van der Waals surface area contributed by atoms with Crippen molar-refractivity contribution in [1.29, 1.82) is 0 Å². The normalized spacial score (nSPS) is 15.3. The highest BCUT2D eigenvalue weighted by molar-refractivity contribution is 5.34. The molecular formula is C12H19NO2. The average Bonchev–Trinajstić information content (AvgIpc) is 2.20. The van der Waals surface area contributed by atoms with Gasteiger partial charge in [0.05, 0.1) is 0 Å². The third-order valence-corrected chi connectivity index (χ3v) is 2.64. The SMILES string of the molecule is CC(CO)C(c1ccccc1O)N(C)C. The maximum Gasteiger partial charge on any atom is 0.120 e. The lowest BCUT2D eigenvalue weighted by Crippen LogP contribution is -2.27. The Labute approximate surface area is 91.0 Å². The van der Waals surface area contributed by atoms with Crippen molar-refractivity contribution < 1.29 is 10.2 Å². The van der Waals surface area contributed by atoms with Gasteiger partial charge in [0.2, 0.25) is 0 Å². The molecule has 0 aliphatic rings. The van der Waals surface area contributed by atoms with Gasteiger partial charge in [0.1, 0.15) is 5.75 Å². The summed E-state index contributed by atoms with van der Waals surface area (Å²) < 4.78 is 0. The van der Waals surface area contributed by atoms with Gasteiger partial charge < -0.3 is 15.1 Å². The van der Waals surface area contributed by atoms with Crippen molar-refractivity contribution in [2.45, 2.75) is 13.0 Å². The predicted molar refractivity (Wildman–Crippen MR) is 60.8 cm³/mol. The minimum Gasteiger partial charge on any atom is -0.508 e. The lowest BCUT2D eigenvalue weighted by molar-refractivity contribution is 0.143. The number of aliphatic hydroxyl groups is 1. The van der Waals surface area contributed by atoms with Crippen LogP contribution in [0.3, 0.4) is 0 Å². The Hall–Kier alpha value is -1.06. The molecule has 0 spiro atoms. The third kappa shape index (κ3) is 2.70.